The molecule has 33 heavy (non-hydrogen) atoms. The van der Waals surface area contributed by atoms with E-state index >= 15 is 0 Å². The zero-order valence-corrected chi connectivity index (χ0v) is 19.0. The van der Waals surface area contributed by atoms with Crippen LogP contribution in [0.4, 0.5) is 14.5 Å². The number of aliphatic hydroxyl groups excluding tert-OH is 2. The summed E-state index contributed by atoms with van der Waals surface area (Å²) < 4.78 is 36.9. The van der Waals surface area contributed by atoms with E-state index < -0.39 is 17.8 Å². The Labute approximate surface area is 192 Å². The molecule has 1 spiro atoms. The third-order valence-electron chi connectivity index (χ3n) is 6.75. The van der Waals surface area contributed by atoms with Gasteiger partial charge in [0.15, 0.2) is 0 Å². The van der Waals surface area contributed by atoms with Crippen molar-refractivity contribution < 1.29 is 33.3 Å². The van der Waals surface area contributed by atoms with Gasteiger partial charge >= 0.3 is 6.11 Å². The van der Waals surface area contributed by atoms with Gasteiger partial charge in [0.05, 0.1) is 24.9 Å². The van der Waals surface area contributed by atoms with Crippen molar-refractivity contribution in [2.45, 2.75) is 50.0 Å². The van der Waals surface area contributed by atoms with E-state index in [2.05, 4.69) is 14.5 Å². The van der Waals surface area contributed by atoms with Gasteiger partial charge in [-0.1, -0.05) is 0 Å². The number of anilines is 1. The number of β-amino-alcohol motifs (C(OH)–C–C–N with tert-alkyl or cyclic N) is 1. The molecule has 3 aliphatic heterocycles. The fraction of sp³-hybridized carbons (Fsp3) is 0.696. The van der Waals surface area contributed by atoms with Crippen molar-refractivity contribution in [3.05, 3.63) is 24.3 Å². The van der Waals surface area contributed by atoms with Gasteiger partial charge in [-0.05, 0) is 37.1 Å². The van der Waals surface area contributed by atoms with E-state index in [4.69, 9.17) is 4.74 Å². The average Bonchev–Trinajstić information content (AvgIpc) is 3.38. The number of likely N-dealkylation sites (tertiary alicyclic amines) is 1. The first-order chi connectivity index (χ1) is 15.7. The standard InChI is InChI=1S/C23H33F2N3O5/c1-22(24,25)33-20-4-2-17(3-5-20)27-9-7-23(15-27)16-28(10-11-32-23)18(14-29)12-21(31)26-8-6-19(30)13-26/h2-5,18-19,29-30H,6-16H2,1H3. The van der Waals surface area contributed by atoms with Crippen LogP contribution < -0.4 is 9.64 Å². The van der Waals surface area contributed by atoms with Crippen LogP contribution >= 0.6 is 0 Å². The Morgan fingerprint density at radius 3 is 2.67 bits per heavy atom. The van der Waals surface area contributed by atoms with Crippen LogP contribution in [-0.4, -0.2) is 102 Å². The van der Waals surface area contributed by atoms with Gasteiger partial charge in [-0.25, -0.2) is 0 Å². The van der Waals surface area contributed by atoms with Crippen LogP contribution in [0, 0.1) is 0 Å². The fourth-order valence-electron chi connectivity index (χ4n) is 5.04. The quantitative estimate of drug-likeness (QED) is 0.623. The maximum absolute atomic E-state index is 13.1. The Kier molecular flexibility index (Phi) is 7.09. The Bertz CT molecular complexity index is 821. The van der Waals surface area contributed by atoms with Crippen LogP contribution in [0.5, 0.6) is 5.75 Å². The second kappa shape index (κ2) is 9.69. The number of benzene rings is 1. The molecule has 1 amide bonds. The molecule has 184 valence electrons. The Morgan fingerprint density at radius 2 is 2.03 bits per heavy atom. The molecule has 0 saturated carbocycles. The molecule has 3 unspecified atom stereocenters. The number of alkyl halides is 2. The summed E-state index contributed by atoms with van der Waals surface area (Å²) in [4.78, 5) is 18.6. The molecule has 0 bridgehead atoms. The van der Waals surface area contributed by atoms with Crippen molar-refractivity contribution in [2.75, 3.05) is 57.4 Å². The van der Waals surface area contributed by atoms with Gasteiger partial charge in [0, 0.05) is 64.3 Å². The molecule has 3 atom stereocenters. The number of ether oxygens (including phenoxy) is 2. The largest absolute Gasteiger partial charge is 0.433 e. The smallest absolute Gasteiger partial charge is 0.394 e. The third kappa shape index (κ3) is 5.92. The van der Waals surface area contributed by atoms with Crippen LogP contribution in [0.15, 0.2) is 24.3 Å². The molecule has 2 N–H and O–H groups in total. The molecule has 3 saturated heterocycles. The molecule has 0 radical (unpaired) electrons. The van der Waals surface area contributed by atoms with Crippen molar-refractivity contribution in [1.82, 2.24) is 9.80 Å². The predicted octanol–water partition coefficient (Wildman–Crippen LogP) is 1.30. The summed E-state index contributed by atoms with van der Waals surface area (Å²) in [5.74, 6) is 0.0698. The number of carbonyl (C=O) groups is 1. The number of rotatable bonds is 7. The van der Waals surface area contributed by atoms with E-state index in [1.165, 1.54) is 12.1 Å². The van der Waals surface area contributed by atoms with Gasteiger partial charge in [-0.3, -0.25) is 9.69 Å². The number of amides is 1. The lowest BCUT2D eigenvalue weighted by atomic mass is 9.98. The van der Waals surface area contributed by atoms with Crippen LogP contribution in [0.1, 0.15) is 26.2 Å². The minimum absolute atomic E-state index is 0.0424. The molecular weight excluding hydrogens is 436 g/mol. The van der Waals surface area contributed by atoms with E-state index in [-0.39, 0.29) is 30.7 Å². The molecule has 4 rings (SSSR count). The van der Waals surface area contributed by atoms with Gasteiger partial charge in [-0.2, -0.15) is 8.78 Å². The van der Waals surface area contributed by atoms with Crippen molar-refractivity contribution in [1.29, 1.82) is 0 Å². The van der Waals surface area contributed by atoms with Crippen LogP contribution in [0.25, 0.3) is 0 Å². The summed E-state index contributed by atoms with van der Waals surface area (Å²) in [5, 5.41) is 19.7. The molecule has 3 fully saturated rings. The van der Waals surface area contributed by atoms with Gasteiger partial charge in [0.2, 0.25) is 5.91 Å². The Hall–Kier alpha value is -2.01. The fourth-order valence-corrected chi connectivity index (χ4v) is 5.04. The lowest BCUT2D eigenvalue weighted by molar-refractivity contribution is -0.158. The van der Waals surface area contributed by atoms with Crippen LogP contribution in [0.3, 0.4) is 0 Å². The third-order valence-corrected chi connectivity index (χ3v) is 6.75. The summed E-state index contributed by atoms with van der Waals surface area (Å²) in [6.45, 7) is 4.65. The van der Waals surface area contributed by atoms with Crippen LogP contribution in [0.2, 0.25) is 0 Å². The summed E-state index contributed by atoms with van der Waals surface area (Å²) >= 11 is 0. The lowest BCUT2D eigenvalue weighted by Crippen LogP contribution is -2.57. The number of hydrogen-bond acceptors (Lipinski definition) is 7. The number of nitrogens with zero attached hydrogens (tertiary/aromatic N) is 3. The monoisotopic (exact) mass is 469 g/mol. The molecule has 10 heteroatoms. The van der Waals surface area contributed by atoms with E-state index in [1.807, 2.05) is 0 Å². The molecule has 1 aromatic rings. The second-order valence-corrected chi connectivity index (χ2v) is 9.40. The highest BCUT2D eigenvalue weighted by Gasteiger charge is 2.44. The first-order valence-electron chi connectivity index (χ1n) is 11.5. The van der Waals surface area contributed by atoms with E-state index in [0.29, 0.717) is 52.7 Å². The van der Waals surface area contributed by atoms with Crippen molar-refractivity contribution in [3.8, 4) is 5.75 Å². The zero-order chi connectivity index (χ0) is 23.6. The Morgan fingerprint density at radius 1 is 1.27 bits per heavy atom. The van der Waals surface area contributed by atoms with Gasteiger partial charge < -0.3 is 29.5 Å². The number of carbonyl (C=O) groups excluding carboxylic acids is 1. The highest BCUT2D eigenvalue weighted by Crippen LogP contribution is 2.34. The molecule has 3 aliphatic rings. The van der Waals surface area contributed by atoms with E-state index in [1.54, 1.807) is 17.0 Å². The van der Waals surface area contributed by atoms with Gasteiger partial charge in [0.1, 0.15) is 5.75 Å². The van der Waals surface area contributed by atoms with E-state index in [9.17, 15) is 23.8 Å². The number of hydrogen-bond donors (Lipinski definition) is 2. The summed E-state index contributed by atoms with van der Waals surface area (Å²) in [6, 6.07) is 6.31. The second-order valence-electron chi connectivity index (χ2n) is 9.40. The lowest BCUT2D eigenvalue weighted by Gasteiger charge is -2.43. The van der Waals surface area contributed by atoms with Gasteiger partial charge in [-0.15, -0.1) is 0 Å². The number of halogens is 2. The normalized spacial score (nSPS) is 27.4. The SMILES string of the molecule is CC(F)(F)Oc1ccc(N2CCC3(C2)CN(C(CO)CC(=O)N2CCC(O)C2)CCO3)cc1. The van der Waals surface area contributed by atoms with Crippen molar-refractivity contribution >= 4 is 11.6 Å². The minimum atomic E-state index is -3.22. The zero-order valence-electron chi connectivity index (χ0n) is 19.0. The number of morpholine rings is 1. The molecule has 3 heterocycles. The molecule has 8 nitrogen and oxygen atoms in total. The predicted molar refractivity (Wildman–Crippen MR) is 117 cm³/mol. The maximum atomic E-state index is 13.1. The van der Waals surface area contributed by atoms with Crippen molar-refractivity contribution in [2.24, 2.45) is 0 Å². The first kappa shape index (κ1) is 24.1. The highest BCUT2D eigenvalue weighted by atomic mass is 19.3. The maximum Gasteiger partial charge on any atom is 0.394 e. The summed E-state index contributed by atoms with van der Waals surface area (Å²) in [6.07, 6.45) is -2.08. The van der Waals surface area contributed by atoms with Crippen LogP contribution in [-0.2, 0) is 9.53 Å². The van der Waals surface area contributed by atoms with Crippen molar-refractivity contribution in [3.63, 3.8) is 0 Å². The first-order valence-corrected chi connectivity index (χ1v) is 11.5. The average molecular weight is 470 g/mol. The molecule has 1 aromatic carbocycles. The summed E-state index contributed by atoms with van der Waals surface area (Å²) in [7, 11) is 0. The molecule has 0 aromatic heterocycles. The summed E-state index contributed by atoms with van der Waals surface area (Å²) in [5.41, 5.74) is 0.491. The highest BCUT2D eigenvalue weighted by molar-refractivity contribution is 5.77. The molecule has 0 aliphatic carbocycles. The molecular formula is C23H33F2N3O5. The van der Waals surface area contributed by atoms with Gasteiger partial charge in [0.25, 0.3) is 0 Å². The minimum Gasteiger partial charge on any atom is -0.433 e. The Balaban J connectivity index is 1.36. The topological polar surface area (TPSA) is 85.7 Å². The number of aliphatic hydroxyl groups is 2. The van der Waals surface area contributed by atoms with E-state index in [0.717, 1.165) is 18.7 Å².